The average molecular weight is 400 g/mol. The number of halogens is 2. The molecule has 0 fully saturated rings. The Hall–Kier alpha value is -1.90. The van der Waals surface area contributed by atoms with Crippen LogP contribution in [0.1, 0.15) is 17.0 Å². The molecule has 1 N–H and O–H groups in total. The third-order valence-electron chi connectivity index (χ3n) is 3.68. The number of nitrogens with one attached hydrogen (secondary N) is 1. The minimum atomic E-state index is -3.72. The molecule has 0 aliphatic rings. The van der Waals surface area contributed by atoms with Gasteiger partial charge in [-0.2, -0.15) is 5.10 Å². The highest BCUT2D eigenvalue weighted by Crippen LogP contribution is 2.29. The summed E-state index contributed by atoms with van der Waals surface area (Å²) in [5.41, 5.74) is 2.54. The molecule has 2 aromatic heterocycles. The summed E-state index contributed by atoms with van der Waals surface area (Å²) in [5, 5.41) is 4.38. The second-order valence-corrected chi connectivity index (χ2v) is 9.12. The zero-order chi connectivity index (χ0) is 18.2. The van der Waals surface area contributed by atoms with E-state index in [1.807, 2.05) is 0 Å². The summed E-state index contributed by atoms with van der Waals surface area (Å²) in [5.74, 6) is -0.305. The van der Waals surface area contributed by atoms with Crippen LogP contribution in [0.4, 0.5) is 10.1 Å². The molecule has 0 saturated heterocycles. The SMILES string of the molecule is Cc1nn(Cc2ccc(F)cc2)c(C)c1NS(=O)(=O)c1ccc(Cl)s1. The standard InChI is InChI=1S/C16H15ClFN3O2S2/c1-10-16(20-25(22,23)15-8-7-14(17)24-15)11(2)21(19-10)9-12-3-5-13(18)6-4-12/h3-8,20H,9H2,1-2H3. The molecule has 1 aromatic carbocycles. The third-order valence-corrected chi connectivity index (χ3v) is 6.75. The molecule has 0 aliphatic heterocycles. The van der Waals surface area contributed by atoms with E-state index in [0.717, 1.165) is 16.9 Å². The third kappa shape index (κ3) is 3.86. The van der Waals surface area contributed by atoms with E-state index in [-0.39, 0.29) is 10.0 Å². The fourth-order valence-electron chi connectivity index (χ4n) is 2.39. The Labute approximate surface area is 154 Å². The number of anilines is 1. The summed E-state index contributed by atoms with van der Waals surface area (Å²) in [4.78, 5) is 0. The lowest BCUT2D eigenvalue weighted by molar-refractivity contribution is 0.603. The van der Waals surface area contributed by atoms with Gasteiger partial charge in [0.05, 0.1) is 28.0 Å². The van der Waals surface area contributed by atoms with Crippen LogP contribution in [0, 0.1) is 19.7 Å². The summed E-state index contributed by atoms with van der Waals surface area (Å²) < 4.78 is 42.8. The number of aromatic nitrogens is 2. The molecule has 0 bridgehead atoms. The van der Waals surface area contributed by atoms with Crippen molar-refractivity contribution in [2.75, 3.05) is 4.72 Å². The van der Waals surface area contributed by atoms with E-state index in [1.165, 1.54) is 18.2 Å². The van der Waals surface area contributed by atoms with Gasteiger partial charge < -0.3 is 0 Å². The summed E-state index contributed by atoms with van der Waals surface area (Å²) in [6.07, 6.45) is 0. The Morgan fingerprint density at radius 1 is 1.20 bits per heavy atom. The smallest absolute Gasteiger partial charge is 0.271 e. The van der Waals surface area contributed by atoms with Crippen LogP contribution in [0.15, 0.2) is 40.6 Å². The van der Waals surface area contributed by atoms with Gasteiger partial charge in [0.1, 0.15) is 10.0 Å². The molecule has 0 radical (unpaired) electrons. The van der Waals surface area contributed by atoms with Crippen molar-refractivity contribution in [3.05, 3.63) is 63.5 Å². The van der Waals surface area contributed by atoms with Crippen molar-refractivity contribution >= 4 is 38.6 Å². The Balaban J connectivity index is 1.88. The number of rotatable bonds is 5. The minimum absolute atomic E-state index is 0.141. The maximum atomic E-state index is 13.0. The van der Waals surface area contributed by atoms with E-state index < -0.39 is 10.0 Å². The van der Waals surface area contributed by atoms with E-state index in [0.29, 0.717) is 28.0 Å². The largest absolute Gasteiger partial charge is 0.275 e. The van der Waals surface area contributed by atoms with Gasteiger partial charge in [-0.25, -0.2) is 12.8 Å². The maximum absolute atomic E-state index is 13.0. The first-order valence-corrected chi connectivity index (χ1v) is 10.0. The number of nitrogens with zero attached hydrogens (tertiary/aromatic N) is 2. The second kappa shape index (κ2) is 6.78. The molecule has 0 atom stereocenters. The topological polar surface area (TPSA) is 64.0 Å². The first-order chi connectivity index (χ1) is 11.8. The zero-order valence-corrected chi connectivity index (χ0v) is 15.8. The lowest BCUT2D eigenvalue weighted by Crippen LogP contribution is -2.13. The molecular formula is C16H15ClFN3O2S2. The summed E-state index contributed by atoms with van der Waals surface area (Å²) >= 11 is 6.81. The quantitative estimate of drug-likeness (QED) is 0.699. The molecule has 0 saturated carbocycles. The molecule has 3 aromatic rings. The molecule has 0 amide bonds. The van der Waals surface area contributed by atoms with E-state index in [1.54, 1.807) is 36.7 Å². The normalized spacial score (nSPS) is 11.7. The molecule has 0 unspecified atom stereocenters. The monoisotopic (exact) mass is 399 g/mol. The average Bonchev–Trinajstić information content (AvgIpc) is 3.09. The Morgan fingerprint density at radius 2 is 1.88 bits per heavy atom. The molecule has 0 aliphatic carbocycles. The lowest BCUT2D eigenvalue weighted by Gasteiger charge is -2.08. The Kier molecular flexibility index (Phi) is 4.86. The van der Waals surface area contributed by atoms with Gasteiger partial charge in [-0.1, -0.05) is 23.7 Å². The van der Waals surface area contributed by atoms with Crippen molar-refractivity contribution in [2.45, 2.75) is 24.6 Å². The number of aryl methyl sites for hydroxylation is 1. The zero-order valence-electron chi connectivity index (χ0n) is 13.5. The fraction of sp³-hybridized carbons (Fsp3) is 0.188. The van der Waals surface area contributed by atoms with Crippen LogP contribution < -0.4 is 4.72 Å². The van der Waals surface area contributed by atoms with Gasteiger partial charge in [-0.3, -0.25) is 9.40 Å². The van der Waals surface area contributed by atoms with Gasteiger partial charge in [-0.15, -0.1) is 11.3 Å². The number of hydrogen-bond donors (Lipinski definition) is 1. The predicted molar refractivity (Wildman–Crippen MR) is 97.3 cm³/mol. The van der Waals surface area contributed by atoms with Crippen molar-refractivity contribution in [3.8, 4) is 0 Å². The number of benzene rings is 1. The van der Waals surface area contributed by atoms with Crippen LogP contribution >= 0.6 is 22.9 Å². The van der Waals surface area contributed by atoms with E-state index in [9.17, 15) is 12.8 Å². The van der Waals surface area contributed by atoms with Gasteiger partial charge >= 0.3 is 0 Å². The van der Waals surface area contributed by atoms with Crippen LogP contribution in [-0.2, 0) is 16.6 Å². The number of sulfonamides is 1. The predicted octanol–water partition coefficient (Wildman–Crippen LogP) is 4.20. The molecule has 0 spiro atoms. The van der Waals surface area contributed by atoms with Crippen molar-refractivity contribution in [1.29, 1.82) is 0 Å². The summed E-state index contributed by atoms with van der Waals surface area (Å²) in [6, 6.07) is 9.10. The molecular weight excluding hydrogens is 385 g/mol. The van der Waals surface area contributed by atoms with Crippen LogP contribution in [0.25, 0.3) is 0 Å². The molecule has 3 rings (SSSR count). The molecule has 2 heterocycles. The van der Waals surface area contributed by atoms with E-state index >= 15 is 0 Å². The van der Waals surface area contributed by atoms with Crippen LogP contribution in [0.2, 0.25) is 4.34 Å². The first kappa shape index (κ1) is 17.9. The minimum Gasteiger partial charge on any atom is -0.275 e. The molecule has 132 valence electrons. The van der Waals surface area contributed by atoms with Gasteiger partial charge in [0, 0.05) is 0 Å². The molecule has 25 heavy (non-hydrogen) atoms. The highest BCUT2D eigenvalue weighted by molar-refractivity contribution is 7.94. The Morgan fingerprint density at radius 3 is 2.48 bits per heavy atom. The van der Waals surface area contributed by atoms with Crippen LogP contribution in [-0.4, -0.2) is 18.2 Å². The Bertz CT molecular complexity index is 1010. The fourth-order valence-corrected chi connectivity index (χ4v) is 5.05. The lowest BCUT2D eigenvalue weighted by atomic mass is 10.2. The summed E-state index contributed by atoms with van der Waals surface area (Å²) in [6.45, 7) is 3.93. The summed E-state index contributed by atoms with van der Waals surface area (Å²) in [7, 11) is -3.72. The second-order valence-electron chi connectivity index (χ2n) is 5.49. The van der Waals surface area contributed by atoms with E-state index in [2.05, 4.69) is 9.82 Å². The highest BCUT2D eigenvalue weighted by Gasteiger charge is 2.21. The van der Waals surface area contributed by atoms with Crippen molar-refractivity contribution < 1.29 is 12.8 Å². The van der Waals surface area contributed by atoms with E-state index in [4.69, 9.17) is 11.6 Å². The van der Waals surface area contributed by atoms with Gasteiger partial charge in [0.15, 0.2) is 0 Å². The number of thiophene rings is 1. The van der Waals surface area contributed by atoms with Crippen LogP contribution in [0.3, 0.4) is 0 Å². The molecule has 9 heteroatoms. The van der Waals surface area contributed by atoms with Gasteiger partial charge in [0.2, 0.25) is 0 Å². The maximum Gasteiger partial charge on any atom is 0.271 e. The van der Waals surface area contributed by atoms with Gasteiger partial charge in [-0.05, 0) is 43.7 Å². The number of hydrogen-bond acceptors (Lipinski definition) is 4. The highest BCUT2D eigenvalue weighted by atomic mass is 35.5. The molecule has 5 nitrogen and oxygen atoms in total. The van der Waals surface area contributed by atoms with Gasteiger partial charge in [0.25, 0.3) is 10.0 Å². The van der Waals surface area contributed by atoms with Crippen molar-refractivity contribution in [2.24, 2.45) is 0 Å². The van der Waals surface area contributed by atoms with Crippen molar-refractivity contribution in [3.63, 3.8) is 0 Å². The van der Waals surface area contributed by atoms with Crippen LogP contribution in [0.5, 0.6) is 0 Å². The first-order valence-electron chi connectivity index (χ1n) is 7.33. The van der Waals surface area contributed by atoms with Crippen molar-refractivity contribution in [1.82, 2.24) is 9.78 Å².